The molecule has 0 radical (unpaired) electrons. The third-order valence-corrected chi connectivity index (χ3v) is 5.70. The molecule has 30 heavy (non-hydrogen) atoms. The topological polar surface area (TPSA) is 97.7 Å². The minimum Gasteiger partial charge on any atom is -0.294 e. The first-order valence-corrected chi connectivity index (χ1v) is 10.7. The summed E-state index contributed by atoms with van der Waals surface area (Å²) in [7, 11) is 0. The Morgan fingerprint density at radius 2 is 1.83 bits per heavy atom. The van der Waals surface area contributed by atoms with Gasteiger partial charge in [0.1, 0.15) is 0 Å². The fourth-order valence-electron chi connectivity index (χ4n) is 3.52. The summed E-state index contributed by atoms with van der Waals surface area (Å²) in [4.78, 5) is 42.1. The summed E-state index contributed by atoms with van der Waals surface area (Å²) >= 11 is 1.26. The number of carbonyl (C=O) groups is 2. The van der Waals surface area contributed by atoms with E-state index < -0.39 is 0 Å². The van der Waals surface area contributed by atoms with Gasteiger partial charge in [0.25, 0.3) is 0 Å². The molecule has 152 valence electrons. The predicted octanol–water partition coefficient (Wildman–Crippen LogP) is 3.53. The summed E-state index contributed by atoms with van der Waals surface area (Å²) in [6.07, 6.45) is 2.60. The van der Waals surface area contributed by atoms with E-state index in [1.807, 2.05) is 50.2 Å². The highest BCUT2D eigenvalue weighted by Crippen LogP contribution is 2.31. The van der Waals surface area contributed by atoms with Crippen molar-refractivity contribution in [3.05, 3.63) is 70.8 Å². The van der Waals surface area contributed by atoms with Crippen LogP contribution < -0.4 is 5.32 Å². The summed E-state index contributed by atoms with van der Waals surface area (Å²) in [5.41, 5.74) is 4.06. The van der Waals surface area contributed by atoms with Crippen LogP contribution in [0.1, 0.15) is 45.3 Å². The van der Waals surface area contributed by atoms with Gasteiger partial charge in [0.2, 0.25) is 11.9 Å². The van der Waals surface area contributed by atoms with E-state index in [1.54, 1.807) is 0 Å². The van der Waals surface area contributed by atoms with Crippen LogP contribution in [-0.4, -0.2) is 37.4 Å². The largest absolute Gasteiger partial charge is 0.294 e. The SMILES string of the molecule is Cc1cc(C)nc(SCC(=O)Nc2ncc3c(n2)CC(c2ccccc2)CC3=O)n1. The van der Waals surface area contributed by atoms with Gasteiger partial charge in [-0.25, -0.2) is 19.9 Å². The molecule has 0 aliphatic heterocycles. The van der Waals surface area contributed by atoms with Crippen molar-refractivity contribution in [2.45, 2.75) is 37.8 Å². The van der Waals surface area contributed by atoms with Crippen LogP contribution in [0.4, 0.5) is 5.95 Å². The summed E-state index contributed by atoms with van der Waals surface area (Å²) in [5.74, 6) is 0.230. The molecule has 1 amide bonds. The molecular formula is C22H21N5O2S. The molecule has 1 aromatic carbocycles. The van der Waals surface area contributed by atoms with Gasteiger partial charge >= 0.3 is 0 Å². The summed E-state index contributed by atoms with van der Waals surface area (Å²) in [6.45, 7) is 3.79. The molecule has 8 heteroatoms. The molecule has 0 fully saturated rings. The van der Waals surface area contributed by atoms with Crippen LogP contribution in [-0.2, 0) is 11.2 Å². The number of carbonyl (C=O) groups excluding carboxylic acids is 2. The predicted molar refractivity (Wildman–Crippen MR) is 115 cm³/mol. The van der Waals surface area contributed by atoms with E-state index in [-0.39, 0.29) is 29.3 Å². The average Bonchev–Trinajstić information content (AvgIpc) is 2.72. The molecular weight excluding hydrogens is 398 g/mol. The van der Waals surface area contributed by atoms with Crippen LogP contribution in [0, 0.1) is 13.8 Å². The number of rotatable bonds is 5. The first-order chi connectivity index (χ1) is 14.5. The van der Waals surface area contributed by atoms with Crippen molar-refractivity contribution in [2.24, 2.45) is 0 Å². The smallest absolute Gasteiger partial charge is 0.237 e. The number of benzene rings is 1. The standard InChI is InChI=1S/C22H21N5O2S/c1-13-8-14(2)25-22(24-13)30-12-20(29)27-21-23-11-17-18(26-21)9-16(10-19(17)28)15-6-4-3-5-7-15/h3-8,11,16H,9-10,12H2,1-2H3,(H,23,26,27,29). The van der Waals surface area contributed by atoms with Crippen molar-refractivity contribution < 1.29 is 9.59 Å². The van der Waals surface area contributed by atoms with Crippen molar-refractivity contribution in [3.63, 3.8) is 0 Å². The van der Waals surface area contributed by atoms with E-state index in [1.165, 1.54) is 18.0 Å². The second-order valence-electron chi connectivity index (χ2n) is 7.26. The summed E-state index contributed by atoms with van der Waals surface area (Å²) < 4.78 is 0. The van der Waals surface area contributed by atoms with E-state index >= 15 is 0 Å². The number of hydrogen-bond donors (Lipinski definition) is 1. The third-order valence-electron chi connectivity index (χ3n) is 4.86. The number of aryl methyl sites for hydroxylation is 2. The zero-order chi connectivity index (χ0) is 21.1. The molecule has 0 spiro atoms. The van der Waals surface area contributed by atoms with Gasteiger partial charge in [-0.05, 0) is 37.8 Å². The number of thioether (sulfide) groups is 1. The monoisotopic (exact) mass is 419 g/mol. The molecule has 1 aliphatic rings. The van der Waals surface area contributed by atoms with Crippen molar-refractivity contribution >= 4 is 29.4 Å². The molecule has 7 nitrogen and oxygen atoms in total. The van der Waals surface area contributed by atoms with Crippen LogP contribution in [0.25, 0.3) is 0 Å². The first kappa shape index (κ1) is 20.2. The Kier molecular flexibility index (Phi) is 5.85. The van der Waals surface area contributed by atoms with Crippen LogP contribution >= 0.6 is 11.8 Å². The van der Waals surface area contributed by atoms with Gasteiger partial charge in [0, 0.05) is 24.0 Å². The number of aromatic nitrogens is 4. The Bertz CT molecular complexity index is 1080. The maximum Gasteiger partial charge on any atom is 0.237 e. The maximum absolute atomic E-state index is 12.5. The van der Waals surface area contributed by atoms with E-state index in [0.717, 1.165) is 17.0 Å². The maximum atomic E-state index is 12.5. The zero-order valence-corrected chi connectivity index (χ0v) is 17.6. The number of amides is 1. The van der Waals surface area contributed by atoms with Crippen molar-refractivity contribution in [1.29, 1.82) is 0 Å². The number of fused-ring (bicyclic) bond motifs is 1. The molecule has 0 bridgehead atoms. The molecule has 1 unspecified atom stereocenters. The lowest BCUT2D eigenvalue weighted by molar-refractivity contribution is -0.113. The Hall–Kier alpha value is -3.13. The molecule has 0 saturated heterocycles. The number of nitrogens with zero attached hydrogens (tertiary/aromatic N) is 4. The lowest BCUT2D eigenvalue weighted by atomic mass is 9.82. The van der Waals surface area contributed by atoms with Crippen LogP contribution in [0.2, 0.25) is 0 Å². The van der Waals surface area contributed by atoms with Crippen LogP contribution in [0.15, 0.2) is 47.8 Å². The Labute approximate surface area is 178 Å². The van der Waals surface area contributed by atoms with E-state index in [2.05, 4.69) is 25.3 Å². The minimum atomic E-state index is -0.246. The molecule has 1 aliphatic carbocycles. The quantitative estimate of drug-likeness (QED) is 0.499. The number of ketones is 1. The highest BCUT2D eigenvalue weighted by Gasteiger charge is 2.28. The normalized spacial score (nSPS) is 15.5. The molecule has 2 heterocycles. The third kappa shape index (κ3) is 4.71. The van der Waals surface area contributed by atoms with Gasteiger partial charge in [0.15, 0.2) is 10.9 Å². The highest BCUT2D eigenvalue weighted by molar-refractivity contribution is 7.99. The second-order valence-corrected chi connectivity index (χ2v) is 8.21. The second kappa shape index (κ2) is 8.71. The van der Waals surface area contributed by atoms with Gasteiger partial charge in [-0.3, -0.25) is 14.9 Å². The fraction of sp³-hybridized carbons (Fsp3) is 0.273. The zero-order valence-electron chi connectivity index (χ0n) is 16.8. The van der Waals surface area contributed by atoms with E-state index in [0.29, 0.717) is 29.3 Å². The number of hydrogen-bond acceptors (Lipinski definition) is 7. The van der Waals surface area contributed by atoms with Gasteiger partial charge in [-0.2, -0.15) is 0 Å². The number of nitrogens with one attached hydrogen (secondary N) is 1. The molecule has 3 aromatic rings. The molecule has 0 saturated carbocycles. The van der Waals surface area contributed by atoms with Crippen molar-refractivity contribution in [1.82, 2.24) is 19.9 Å². The van der Waals surface area contributed by atoms with Crippen LogP contribution in [0.5, 0.6) is 0 Å². The lowest BCUT2D eigenvalue weighted by Crippen LogP contribution is -2.23. The Morgan fingerprint density at radius 3 is 2.57 bits per heavy atom. The molecule has 2 aromatic heterocycles. The average molecular weight is 420 g/mol. The van der Waals surface area contributed by atoms with Gasteiger partial charge in [0.05, 0.1) is 17.0 Å². The van der Waals surface area contributed by atoms with Crippen molar-refractivity contribution in [2.75, 3.05) is 11.1 Å². The molecule has 4 rings (SSSR count). The van der Waals surface area contributed by atoms with Gasteiger partial charge in [-0.15, -0.1) is 0 Å². The van der Waals surface area contributed by atoms with E-state index in [9.17, 15) is 9.59 Å². The summed E-state index contributed by atoms with van der Waals surface area (Å²) in [5, 5.41) is 3.27. The minimum absolute atomic E-state index is 0.0329. The lowest BCUT2D eigenvalue weighted by Gasteiger charge is -2.23. The number of anilines is 1. The number of Topliss-reactive ketones (excluding diaryl/α,β-unsaturated/α-hetero) is 1. The van der Waals surface area contributed by atoms with Crippen molar-refractivity contribution in [3.8, 4) is 0 Å². The van der Waals surface area contributed by atoms with Gasteiger partial charge in [-0.1, -0.05) is 42.1 Å². The first-order valence-electron chi connectivity index (χ1n) is 9.67. The fourth-order valence-corrected chi connectivity index (χ4v) is 4.26. The highest BCUT2D eigenvalue weighted by atomic mass is 32.2. The molecule has 1 N–H and O–H groups in total. The van der Waals surface area contributed by atoms with Crippen LogP contribution in [0.3, 0.4) is 0 Å². The Balaban J connectivity index is 1.43. The van der Waals surface area contributed by atoms with Gasteiger partial charge < -0.3 is 0 Å². The molecule has 1 atom stereocenters. The summed E-state index contributed by atoms with van der Waals surface area (Å²) in [6, 6.07) is 11.8. The van der Waals surface area contributed by atoms with E-state index in [4.69, 9.17) is 0 Å². The Morgan fingerprint density at radius 1 is 1.10 bits per heavy atom.